The normalized spacial score (nSPS) is 15.4. The van der Waals surface area contributed by atoms with Crippen LogP contribution in [0.1, 0.15) is 62.6 Å². The van der Waals surface area contributed by atoms with Crippen LogP contribution in [0.4, 0.5) is 8.78 Å². The average Bonchev–Trinajstić information content (AvgIpc) is 3.45. The number of likely N-dealkylation sites (tertiary alicyclic amines) is 1. The fraction of sp³-hybridized carbons (Fsp3) is 0.455. The predicted octanol–water partition coefficient (Wildman–Crippen LogP) is 5.97. The molecule has 3 heterocycles. The van der Waals surface area contributed by atoms with Crippen molar-refractivity contribution in [2.45, 2.75) is 58.9 Å². The van der Waals surface area contributed by atoms with Crippen molar-refractivity contribution >= 4 is 45.6 Å². The molecule has 2 aromatic carbocycles. The minimum atomic E-state index is -1.02. The molecule has 1 aliphatic rings. The number of aromatic amines is 2. The second-order valence-corrected chi connectivity index (χ2v) is 13.7. The molecule has 1 atom stereocenters. The minimum absolute atomic E-state index is 0.0634. The van der Waals surface area contributed by atoms with E-state index in [0.29, 0.717) is 54.9 Å². The molecule has 11 heteroatoms. The summed E-state index contributed by atoms with van der Waals surface area (Å²) in [7, 11) is 2.06. The molecule has 1 amide bonds. The van der Waals surface area contributed by atoms with E-state index >= 15 is 0 Å². The molecule has 4 aromatic rings. The smallest absolute Gasteiger partial charge is 0.251 e. The molecule has 0 saturated carbocycles. The third-order valence-corrected chi connectivity index (χ3v) is 8.67. The Balaban J connectivity index is 1.27. The third-order valence-electron chi connectivity index (χ3n) is 8.38. The Kier molecular flexibility index (Phi) is 9.23. The number of carbonyl (C=O) groups is 2. The average molecular weight is 626 g/mol. The van der Waals surface area contributed by atoms with Gasteiger partial charge in [-0.2, -0.15) is 5.10 Å². The number of H-pyrrole nitrogens is 2. The van der Waals surface area contributed by atoms with Crippen molar-refractivity contribution in [1.29, 1.82) is 0 Å². The number of aromatic nitrogens is 3. The number of halogens is 3. The molecule has 5 rings (SSSR count). The van der Waals surface area contributed by atoms with Crippen LogP contribution in [-0.2, 0) is 22.6 Å². The van der Waals surface area contributed by atoms with E-state index in [1.54, 1.807) is 17.2 Å². The SMILES string of the molecule is CN(Cc1c(CC(C=O)CC(=O)N2CCC(c3cc4cc(F)c(F)cc4[nH]c3=O)CC2)cc(Cl)c2[nH]ncc12)CC(C)(C)C. The maximum absolute atomic E-state index is 13.8. The molecule has 0 spiro atoms. The second kappa shape index (κ2) is 12.8. The van der Waals surface area contributed by atoms with Gasteiger partial charge in [-0.25, -0.2) is 8.78 Å². The fourth-order valence-electron chi connectivity index (χ4n) is 6.45. The molecular weight excluding hydrogens is 588 g/mol. The maximum atomic E-state index is 13.8. The highest BCUT2D eigenvalue weighted by Crippen LogP contribution is 2.32. The zero-order chi connectivity index (χ0) is 31.8. The predicted molar refractivity (Wildman–Crippen MR) is 168 cm³/mol. The van der Waals surface area contributed by atoms with E-state index in [1.807, 2.05) is 6.07 Å². The Labute approximate surface area is 259 Å². The van der Waals surface area contributed by atoms with Gasteiger partial charge in [0.15, 0.2) is 11.6 Å². The number of nitrogens with zero attached hydrogens (tertiary/aromatic N) is 3. The van der Waals surface area contributed by atoms with Gasteiger partial charge < -0.3 is 19.6 Å². The van der Waals surface area contributed by atoms with E-state index in [9.17, 15) is 23.2 Å². The van der Waals surface area contributed by atoms with Gasteiger partial charge >= 0.3 is 0 Å². The topological polar surface area (TPSA) is 102 Å². The van der Waals surface area contributed by atoms with Gasteiger partial charge in [0.05, 0.1) is 22.3 Å². The summed E-state index contributed by atoms with van der Waals surface area (Å²) in [6.07, 6.45) is 4.13. The van der Waals surface area contributed by atoms with E-state index in [-0.39, 0.29) is 34.7 Å². The van der Waals surface area contributed by atoms with Gasteiger partial charge in [-0.15, -0.1) is 0 Å². The van der Waals surface area contributed by atoms with Crippen LogP contribution in [0.3, 0.4) is 0 Å². The lowest BCUT2D eigenvalue weighted by Crippen LogP contribution is -2.39. The summed E-state index contributed by atoms with van der Waals surface area (Å²) < 4.78 is 27.4. The van der Waals surface area contributed by atoms with E-state index in [4.69, 9.17) is 11.6 Å². The first-order valence-electron chi connectivity index (χ1n) is 14.9. The summed E-state index contributed by atoms with van der Waals surface area (Å²) in [6.45, 7) is 8.90. The summed E-state index contributed by atoms with van der Waals surface area (Å²) in [6, 6.07) is 5.54. The number of aldehydes is 1. The number of carbonyl (C=O) groups excluding carboxylic acids is 2. The molecule has 1 fully saturated rings. The summed E-state index contributed by atoms with van der Waals surface area (Å²) >= 11 is 6.59. The molecule has 2 N–H and O–H groups in total. The summed E-state index contributed by atoms with van der Waals surface area (Å²) in [5, 5.41) is 9.01. The van der Waals surface area contributed by atoms with Crippen molar-refractivity contribution in [3.63, 3.8) is 0 Å². The molecule has 2 aromatic heterocycles. The van der Waals surface area contributed by atoms with Crippen LogP contribution in [0, 0.1) is 23.0 Å². The number of piperidine rings is 1. The van der Waals surface area contributed by atoms with Crippen LogP contribution < -0.4 is 5.56 Å². The van der Waals surface area contributed by atoms with Crippen LogP contribution in [0.5, 0.6) is 0 Å². The number of hydrogen-bond acceptors (Lipinski definition) is 5. The quantitative estimate of drug-likeness (QED) is 0.223. The molecule has 1 aliphatic heterocycles. The number of rotatable bonds is 9. The van der Waals surface area contributed by atoms with Gasteiger partial charge in [0.1, 0.15) is 6.29 Å². The zero-order valence-corrected chi connectivity index (χ0v) is 26.2. The monoisotopic (exact) mass is 625 g/mol. The van der Waals surface area contributed by atoms with Gasteiger partial charge in [-0.1, -0.05) is 32.4 Å². The number of amides is 1. The van der Waals surface area contributed by atoms with E-state index in [1.165, 1.54) is 0 Å². The van der Waals surface area contributed by atoms with Crippen molar-refractivity contribution in [2.24, 2.45) is 11.3 Å². The summed E-state index contributed by atoms with van der Waals surface area (Å²) in [4.78, 5) is 45.0. The highest BCUT2D eigenvalue weighted by Gasteiger charge is 2.28. The molecular formula is C33H38ClF2N5O3. The largest absolute Gasteiger partial charge is 0.343 e. The van der Waals surface area contributed by atoms with Crippen LogP contribution in [0.25, 0.3) is 21.8 Å². The van der Waals surface area contributed by atoms with Crippen LogP contribution in [-0.4, -0.2) is 63.9 Å². The highest BCUT2D eigenvalue weighted by atomic mass is 35.5. The van der Waals surface area contributed by atoms with Crippen molar-refractivity contribution in [1.82, 2.24) is 25.0 Å². The molecule has 1 unspecified atom stereocenters. The molecule has 234 valence electrons. The minimum Gasteiger partial charge on any atom is -0.343 e. The Hall–Kier alpha value is -3.63. The first-order valence-corrected chi connectivity index (χ1v) is 15.3. The number of nitrogens with one attached hydrogen (secondary N) is 2. The number of pyridine rings is 1. The lowest BCUT2D eigenvalue weighted by Gasteiger charge is -2.32. The van der Waals surface area contributed by atoms with Crippen molar-refractivity contribution in [2.75, 3.05) is 26.7 Å². The van der Waals surface area contributed by atoms with Gasteiger partial charge in [-0.3, -0.25) is 14.7 Å². The molecule has 0 radical (unpaired) electrons. The third kappa shape index (κ3) is 7.02. The van der Waals surface area contributed by atoms with Crippen LogP contribution >= 0.6 is 11.6 Å². The van der Waals surface area contributed by atoms with E-state index in [0.717, 1.165) is 47.0 Å². The van der Waals surface area contributed by atoms with Gasteiger partial charge in [0.25, 0.3) is 5.56 Å². The molecule has 44 heavy (non-hydrogen) atoms. The maximum Gasteiger partial charge on any atom is 0.251 e. The number of benzene rings is 2. The first-order chi connectivity index (χ1) is 20.8. The molecule has 8 nitrogen and oxygen atoms in total. The van der Waals surface area contributed by atoms with Gasteiger partial charge in [0, 0.05) is 60.9 Å². The van der Waals surface area contributed by atoms with Crippen molar-refractivity contribution in [3.05, 3.63) is 74.2 Å². The van der Waals surface area contributed by atoms with Crippen LogP contribution in [0.2, 0.25) is 5.02 Å². The number of hydrogen-bond donors (Lipinski definition) is 2. The summed E-state index contributed by atoms with van der Waals surface area (Å²) in [5.74, 6) is -2.77. The second-order valence-electron chi connectivity index (χ2n) is 13.3. The Morgan fingerprint density at radius 3 is 2.57 bits per heavy atom. The molecule has 0 aliphatic carbocycles. The lowest BCUT2D eigenvalue weighted by molar-refractivity contribution is -0.134. The zero-order valence-electron chi connectivity index (χ0n) is 25.5. The Bertz CT molecular complexity index is 1750. The first kappa shape index (κ1) is 31.8. The standard InChI is InChI=1S/C33H38ClF2N5O3/c1-33(2,3)18-40(4)16-25-21(12-26(34)31-24(25)15-37-39-31)9-19(17-42)10-30(43)41-7-5-20(6-8-41)23-11-22-13-27(35)28(36)14-29(22)38-32(23)44/h11-15,17,19-20H,5-10,16,18H2,1-4H3,(H,37,39)(H,38,44). The lowest BCUT2D eigenvalue weighted by atomic mass is 9.88. The fourth-order valence-corrected chi connectivity index (χ4v) is 6.73. The van der Waals surface area contributed by atoms with E-state index < -0.39 is 17.6 Å². The van der Waals surface area contributed by atoms with Crippen molar-refractivity contribution in [3.8, 4) is 0 Å². The Morgan fingerprint density at radius 1 is 1.18 bits per heavy atom. The number of fused-ring (bicyclic) bond motifs is 2. The Morgan fingerprint density at radius 2 is 1.89 bits per heavy atom. The van der Waals surface area contributed by atoms with E-state index in [2.05, 4.69) is 47.9 Å². The van der Waals surface area contributed by atoms with Crippen molar-refractivity contribution < 1.29 is 18.4 Å². The summed E-state index contributed by atoms with van der Waals surface area (Å²) in [5.41, 5.74) is 3.19. The van der Waals surface area contributed by atoms with Gasteiger partial charge in [-0.05, 0) is 67.0 Å². The van der Waals surface area contributed by atoms with Crippen LogP contribution in [0.15, 0.2) is 35.3 Å². The molecule has 1 saturated heterocycles. The highest BCUT2D eigenvalue weighted by molar-refractivity contribution is 6.35. The molecule has 0 bridgehead atoms. The van der Waals surface area contributed by atoms with Gasteiger partial charge in [0.2, 0.25) is 5.91 Å².